The number of fused-ring (bicyclic) bond motifs is 1. The summed E-state index contributed by atoms with van der Waals surface area (Å²) in [7, 11) is 0. The second-order valence-electron chi connectivity index (χ2n) is 5.18. The summed E-state index contributed by atoms with van der Waals surface area (Å²) in [5.74, 6) is 1.92. The van der Waals surface area contributed by atoms with Gasteiger partial charge in [0.05, 0.1) is 5.69 Å². The predicted molar refractivity (Wildman–Crippen MR) is 62.8 cm³/mol. The molecule has 0 saturated heterocycles. The standard InChI is InChI=1S/C12H18N4/c1-7(2)12-14-10-6-16(8-3-4-8)5-9(10)11(13)15-12/h7-8H,3-6H2,1-2H3,(H2,13,14,15). The van der Waals surface area contributed by atoms with Gasteiger partial charge in [-0.15, -0.1) is 0 Å². The Morgan fingerprint density at radius 1 is 1.25 bits per heavy atom. The van der Waals surface area contributed by atoms with Crippen LogP contribution in [0.4, 0.5) is 5.82 Å². The third-order valence-electron chi connectivity index (χ3n) is 3.44. The Balaban J connectivity index is 1.94. The molecule has 1 aromatic rings. The van der Waals surface area contributed by atoms with Gasteiger partial charge in [-0.05, 0) is 12.8 Å². The maximum absolute atomic E-state index is 6.02. The second kappa shape index (κ2) is 3.42. The zero-order valence-corrected chi connectivity index (χ0v) is 9.90. The Labute approximate surface area is 95.9 Å². The van der Waals surface area contributed by atoms with Gasteiger partial charge in [-0.1, -0.05) is 13.8 Å². The average Bonchev–Trinajstić information content (AvgIpc) is 2.98. The van der Waals surface area contributed by atoms with Crippen LogP contribution in [0.3, 0.4) is 0 Å². The van der Waals surface area contributed by atoms with Crippen molar-refractivity contribution in [1.29, 1.82) is 0 Å². The molecule has 1 aliphatic carbocycles. The lowest BCUT2D eigenvalue weighted by atomic mass is 10.2. The van der Waals surface area contributed by atoms with Gasteiger partial charge in [0.25, 0.3) is 0 Å². The first kappa shape index (κ1) is 10.0. The third kappa shape index (κ3) is 1.57. The van der Waals surface area contributed by atoms with E-state index in [1.54, 1.807) is 0 Å². The van der Waals surface area contributed by atoms with Gasteiger partial charge >= 0.3 is 0 Å². The fraction of sp³-hybridized carbons (Fsp3) is 0.667. The van der Waals surface area contributed by atoms with E-state index in [2.05, 4.69) is 28.7 Å². The topological polar surface area (TPSA) is 55.0 Å². The summed E-state index contributed by atoms with van der Waals surface area (Å²) in [5, 5.41) is 0. The summed E-state index contributed by atoms with van der Waals surface area (Å²) in [4.78, 5) is 11.5. The molecule has 0 radical (unpaired) electrons. The van der Waals surface area contributed by atoms with E-state index in [9.17, 15) is 0 Å². The van der Waals surface area contributed by atoms with Gasteiger partial charge in [-0.2, -0.15) is 0 Å². The van der Waals surface area contributed by atoms with Crippen LogP contribution in [0.2, 0.25) is 0 Å². The highest BCUT2D eigenvalue weighted by Crippen LogP contribution is 2.35. The van der Waals surface area contributed by atoms with Crippen molar-refractivity contribution in [2.75, 3.05) is 5.73 Å². The second-order valence-corrected chi connectivity index (χ2v) is 5.18. The molecule has 86 valence electrons. The largest absolute Gasteiger partial charge is 0.383 e. The van der Waals surface area contributed by atoms with E-state index in [1.165, 1.54) is 12.8 Å². The van der Waals surface area contributed by atoms with E-state index in [1.807, 2.05) is 0 Å². The van der Waals surface area contributed by atoms with Gasteiger partial charge in [0, 0.05) is 30.6 Å². The van der Waals surface area contributed by atoms with Crippen LogP contribution in [0.15, 0.2) is 0 Å². The van der Waals surface area contributed by atoms with Crippen LogP contribution in [-0.2, 0) is 13.1 Å². The van der Waals surface area contributed by atoms with Crippen LogP contribution in [0.5, 0.6) is 0 Å². The van der Waals surface area contributed by atoms with Gasteiger partial charge in [0.15, 0.2) is 0 Å². The Hall–Kier alpha value is -1.16. The fourth-order valence-electron chi connectivity index (χ4n) is 2.28. The quantitative estimate of drug-likeness (QED) is 0.820. The highest BCUT2D eigenvalue weighted by Gasteiger charge is 2.35. The van der Waals surface area contributed by atoms with E-state index in [0.717, 1.165) is 36.2 Å². The van der Waals surface area contributed by atoms with Crippen LogP contribution in [-0.4, -0.2) is 20.9 Å². The van der Waals surface area contributed by atoms with E-state index in [0.29, 0.717) is 11.7 Å². The minimum atomic E-state index is 0.350. The molecular formula is C12H18N4. The first-order valence-corrected chi connectivity index (χ1v) is 6.04. The lowest BCUT2D eigenvalue weighted by molar-refractivity contribution is 0.272. The fourth-order valence-corrected chi connectivity index (χ4v) is 2.28. The Bertz CT molecular complexity index is 423. The number of anilines is 1. The molecule has 2 heterocycles. The predicted octanol–water partition coefficient (Wildman–Crippen LogP) is 1.66. The number of nitrogens with two attached hydrogens (primary N) is 1. The van der Waals surface area contributed by atoms with Crippen molar-refractivity contribution in [3.63, 3.8) is 0 Å². The Morgan fingerprint density at radius 2 is 2.00 bits per heavy atom. The van der Waals surface area contributed by atoms with Crippen molar-refractivity contribution in [3.8, 4) is 0 Å². The SMILES string of the molecule is CC(C)c1nc(N)c2c(n1)CN(C1CC1)C2. The summed E-state index contributed by atoms with van der Waals surface area (Å²) in [6.45, 7) is 6.13. The first-order chi connectivity index (χ1) is 7.65. The molecular weight excluding hydrogens is 200 g/mol. The molecule has 4 nitrogen and oxygen atoms in total. The van der Waals surface area contributed by atoms with Gasteiger partial charge in [0.1, 0.15) is 11.6 Å². The molecule has 0 spiro atoms. The average molecular weight is 218 g/mol. The first-order valence-electron chi connectivity index (χ1n) is 6.04. The van der Waals surface area contributed by atoms with E-state index >= 15 is 0 Å². The summed E-state index contributed by atoms with van der Waals surface area (Å²) in [6.07, 6.45) is 2.66. The maximum Gasteiger partial charge on any atom is 0.133 e. The van der Waals surface area contributed by atoms with Gasteiger partial charge in [0.2, 0.25) is 0 Å². The zero-order chi connectivity index (χ0) is 11.3. The third-order valence-corrected chi connectivity index (χ3v) is 3.44. The van der Waals surface area contributed by atoms with E-state index in [-0.39, 0.29) is 0 Å². The van der Waals surface area contributed by atoms with E-state index in [4.69, 9.17) is 5.73 Å². The van der Waals surface area contributed by atoms with Crippen molar-refractivity contribution in [2.45, 2.75) is 51.7 Å². The van der Waals surface area contributed by atoms with Crippen molar-refractivity contribution in [3.05, 3.63) is 17.1 Å². The highest BCUT2D eigenvalue weighted by molar-refractivity contribution is 5.44. The minimum Gasteiger partial charge on any atom is -0.383 e. The summed E-state index contributed by atoms with van der Waals surface area (Å²) >= 11 is 0. The van der Waals surface area contributed by atoms with Crippen molar-refractivity contribution in [1.82, 2.24) is 14.9 Å². The van der Waals surface area contributed by atoms with Crippen LogP contribution in [0.25, 0.3) is 0 Å². The van der Waals surface area contributed by atoms with Crippen LogP contribution in [0, 0.1) is 0 Å². The number of rotatable bonds is 2. The van der Waals surface area contributed by atoms with Gasteiger partial charge in [-0.3, -0.25) is 4.90 Å². The molecule has 1 aromatic heterocycles. The maximum atomic E-state index is 6.02. The molecule has 1 aliphatic heterocycles. The van der Waals surface area contributed by atoms with Crippen LogP contribution >= 0.6 is 0 Å². The Morgan fingerprint density at radius 3 is 2.62 bits per heavy atom. The number of aromatic nitrogens is 2. The van der Waals surface area contributed by atoms with Crippen molar-refractivity contribution in [2.24, 2.45) is 0 Å². The number of nitrogens with zero attached hydrogens (tertiary/aromatic N) is 3. The summed E-state index contributed by atoms with van der Waals surface area (Å²) < 4.78 is 0. The molecule has 1 saturated carbocycles. The summed E-state index contributed by atoms with van der Waals surface area (Å²) in [5.41, 5.74) is 8.33. The monoisotopic (exact) mass is 218 g/mol. The molecule has 3 rings (SSSR count). The van der Waals surface area contributed by atoms with Gasteiger partial charge in [-0.25, -0.2) is 9.97 Å². The van der Waals surface area contributed by atoms with Crippen LogP contribution < -0.4 is 5.73 Å². The van der Waals surface area contributed by atoms with Crippen LogP contribution in [0.1, 0.15) is 49.7 Å². The highest BCUT2D eigenvalue weighted by atomic mass is 15.2. The molecule has 0 bridgehead atoms. The molecule has 2 N–H and O–H groups in total. The lowest BCUT2D eigenvalue weighted by Crippen LogP contribution is -2.18. The molecule has 0 aromatic carbocycles. The molecule has 16 heavy (non-hydrogen) atoms. The molecule has 0 amide bonds. The lowest BCUT2D eigenvalue weighted by Gasteiger charge is -2.11. The number of hydrogen-bond acceptors (Lipinski definition) is 4. The normalized spacial score (nSPS) is 20.4. The van der Waals surface area contributed by atoms with Crippen molar-refractivity contribution < 1.29 is 0 Å². The molecule has 2 aliphatic rings. The molecule has 0 unspecified atom stereocenters. The van der Waals surface area contributed by atoms with E-state index < -0.39 is 0 Å². The minimum absolute atomic E-state index is 0.350. The number of nitrogen functional groups attached to an aromatic ring is 1. The Kier molecular flexibility index (Phi) is 2.14. The molecule has 4 heteroatoms. The number of hydrogen-bond donors (Lipinski definition) is 1. The molecule has 1 fully saturated rings. The van der Waals surface area contributed by atoms with Crippen molar-refractivity contribution >= 4 is 5.82 Å². The summed E-state index contributed by atoms with van der Waals surface area (Å²) in [6, 6.07) is 0.774. The smallest absolute Gasteiger partial charge is 0.133 e. The molecule has 0 atom stereocenters. The zero-order valence-electron chi connectivity index (χ0n) is 9.90. The van der Waals surface area contributed by atoms with Gasteiger partial charge < -0.3 is 5.73 Å².